The molecule has 0 atom stereocenters. The van der Waals surface area contributed by atoms with Crippen molar-refractivity contribution >= 4 is 22.7 Å². The van der Waals surface area contributed by atoms with Crippen LogP contribution in [-0.4, -0.2) is 56.5 Å². The Balaban J connectivity index is 1.30. The third-order valence-electron chi connectivity index (χ3n) is 4.55. The quantitative estimate of drug-likeness (QED) is 0.597. The smallest absolute Gasteiger partial charge is 0.160 e. The SMILES string of the molecule is c1coc(-c2ccc(N3CCN(c4ncnc5[nH]ncc45)CC3)nn2)c1. The summed E-state index contributed by atoms with van der Waals surface area (Å²) in [6, 6.07) is 7.64. The van der Waals surface area contributed by atoms with Gasteiger partial charge in [0, 0.05) is 26.2 Å². The van der Waals surface area contributed by atoms with Gasteiger partial charge >= 0.3 is 0 Å². The molecule has 4 aromatic heterocycles. The van der Waals surface area contributed by atoms with Gasteiger partial charge in [-0.05, 0) is 24.3 Å². The number of nitrogens with one attached hydrogen (secondary N) is 1. The van der Waals surface area contributed by atoms with E-state index >= 15 is 0 Å². The van der Waals surface area contributed by atoms with Crippen molar-refractivity contribution in [3.05, 3.63) is 43.1 Å². The molecule has 9 nitrogen and oxygen atoms in total. The number of aromatic nitrogens is 6. The summed E-state index contributed by atoms with van der Waals surface area (Å²) in [5.74, 6) is 2.51. The highest BCUT2D eigenvalue weighted by molar-refractivity contribution is 5.86. The maximum atomic E-state index is 5.35. The lowest BCUT2D eigenvalue weighted by Gasteiger charge is -2.35. The molecule has 4 aromatic rings. The molecule has 1 aliphatic rings. The summed E-state index contributed by atoms with van der Waals surface area (Å²) >= 11 is 0. The van der Waals surface area contributed by atoms with E-state index < -0.39 is 0 Å². The van der Waals surface area contributed by atoms with Gasteiger partial charge in [0.2, 0.25) is 0 Å². The standard InChI is InChI=1S/C17H16N8O/c1-2-14(26-9-1)13-3-4-15(22-21-13)24-5-7-25(8-6-24)17-12-10-20-23-16(12)18-11-19-17/h1-4,9-11H,5-8H2,(H,18,19,20,23). The number of anilines is 2. The van der Waals surface area contributed by atoms with Gasteiger partial charge in [0.15, 0.2) is 17.2 Å². The number of hydrogen-bond donors (Lipinski definition) is 1. The Bertz CT molecular complexity index is 1000. The first-order valence-electron chi connectivity index (χ1n) is 8.40. The molecule has 0 bridgehead atoms. The third kappa shape index (κ3) is 2.53. The lowest BCUT2D eigenvalue weighted by molar-refractivity contribution is 0.578. The minimum Gasteiger partial charge on any atom is -0.463 e. The number of rotatable bonds is 3. The highest BCUT2D eigenvalue weighted by atomic mass is 16.3. The minimum atomic E-state index is 0.724. The van der Waals surface area contributed by atoms with Crippen molar-refractivity contribution < 1.29 is 4.42 Å². The van der Waals surface area contributed by atoms with Gasteiger partial charge in [-0.3, -0.25) is 5.10 Å². The second-order valence-corrected chi connectivity index (χ2v) is 6.06. The molecule has 26 heavy (non-hydrogen) atoms. The monoisotopic (exact) mass is 348 g/mol. The fourth-order valence-electron chi connectivity index (χ4n) is 3.20. The Labute approximate surface area is 148 Å². The first kappa shape index (κ1) is 14.8. The Hall–Kier alpha value is -3.49. The third-order valence-corrected chi connectivity index (χ3v) is 4.55. The number of aromatic amines is 1. The van der Waals surface area contributed by atoms with Gasteiger partial charge in [0.1, 0.15) is 17.8 Å². The minimum absolute atomic E-state index is 0.724. The van der Waals surface area contributed by atoms with Crippen molar-refractivity contribution in [1.82, 2.24) is 30.4 Å². The van der Waals surface area contributed by atoms with Crippen LogP contribution in [0.3, 0.4) is 0 Å². The van der Waals surface area contributed by atoms with Crippen LogP contribution in [0, 0.1) is 0 Å². The molecule has 0 aromatic carbocycles. The predicted molar refractivity (Wildman–Crippen MR) is 95.8 cm³/mol. The zero-order valence-corrected chi connectivity index (χ0v) is 13.9. The van der Waals surface area contributed by atoms with Crippen molar-refractivity contribution in [2.24, 2.45) is 0 Å². The van der Waals surface area contributed by atoms with Crippen LogP contribution in [0.5, 0.6) is 0 Å². The fraction of sp³-hybridized carbons (Fsp3) is 0.235. The average Bonchev–Trinajstić information content (AvgIpc) is 3.40. The van der Waals surface area contributed by atoms with Gasteiger partial charge in [0.05, 0.1) is 17.8 Å². The predicted octanol–water partition coefficient (Wildman–Crippen LogP) is 1.73. The summed E-state index contributed by atoms with van der Waals surface area (Å²) < 4.78 is 5.35. The number of piperazine rings is 1. The molecule has 130 valence electrons. The molecular formula is C17H16N8O. The summed E-state index contributed by atoms with van der Waals surface area (Å²) in [6.45, 7) is 3.38. The number of H-pyrrole nitrogens is 1. The molecular weight excluding hydrogens is 332 g/mol. The molecule has 0 radical (unpaired) electrons. The van der Waals surface area contributed by atoms with Gasteiger partial charge in [-0.1, -0.05) is 0 Å². The zero-order chi connectivity index (χ0) is 17.3. The highest BCUT2D eigenvalue weighted by Crippen LogP contribution is 2.24. The van der Waals surface area contributed by atoms with E-state index in [4.69, 9.17) is 4.42 Å². The number of nitrogens with zero attached hydrogens (tertiary/aromatic N) is 7. The fourth-order valence-corrected chi connectivity index (χ4v) is 3.20. The normalized spacial score (nSPS) is 14.9. The molecule has 1 saturated heterocycles. The van der Waals surface area contributed by atoms with Crippen molar-refractivity contribution in [3.63, 3.8) is 0 Å². The maximum Gasteiger partial charge on any atom is 0.160 e. The first-order valence-corrected chi connectivity index (χ1v) is 8.40. The number of fused-ring (bicyclic) bond motifs is 1. The largest absolute Gasteiger partial charge is 0.463 e. The van der Waals surface area contributed by atoms with E-state index in [2.05, 4.69) is 40.2 Å². The zero-order valence-electron chi connectivity index (χ0n) is 13.9. The summed E-state index contributed by atoms with van der Waals surface area (Å²) in [5.41, 5.74) is 1.50. The molecule has 1 aliphatic heterocycles. The second kappa shape index (κ2) is 6.10. The summed E-state index contributed by atoms with van der Waals surface area (Å²) in [5, 5.41) is 16.5. The molecule has 0 aliphatic carbocycles. The van der Waals surface area contributed by atoms with Crippen LogP contribution in [0.4, 0.5) is 11.6 Å². The van der Waals surface area contributed by atoms with Crippen molar-refractivity contribution in [1.29, 1.82) is 0 Å². The Morgan fingerprint density at radius 3 is 2.62 bits per heavy atom. The summed E-state index contributed by atoms with van der Waals surface area (Å²) in [6.07, 6.45) is 4.98. The van der Waals surface area contributed by atoms with Crippen molar-refractivity contribution in [2.45, 2.75) is 0 Å². The first-order chi connectivity index (χ1) is 12.9. The van der Waals surface area contributed by atoms with Crippen LogP contribution < -0.4 is 9.80 Å². The van der Waals surface area contributed by atoms with Crippen LogP contribution in [0.25, 0.3) is 22.5 Å². The molecule has 1 fully saturated rings. The highest BCUT2D eigenvalue weighted by Gasteiger charge is 2.21. The van der Waals surface area contributed by atoms with Crippen molar-refractivity contribution in [3.8, 4) is 11.5 Å². The lowest BCUT2D eigenvalue weighted by atomic mass is 10.2. The topological polar surface area (TPSA) is 99.9 Å². The molecule has 0 amide bonds. The molecule has 5 rings (SSSR count). The second-order valence-electron chi connectivity index (χ2n) is 6.06. The van der Waals surface area contributed by atoms with E-state index in [0.717, 1.165) is 60.3 Å². The van der Waals surface area contributed by atoms with Crippen LogP contribution in [0.15, 0.2) is 47.5 Å². The van der Waals surface area contributed by atoms with Crippen molar-refractivity contribution in [2.75, 3.05) is 36.0 Å². The van der Waals surface area contributed by atoms with Gasteiger partial charge in [-0.2, -0.15) is 5.10 Å². The molecule has 0 saturated carbocycles. The Morgan fingerprint density at radius 1 is 0.962 bits per heavy atom. The molecule has 0 unspecified atom stereocenters. The van der Waals surface area contributed by atoms with E-state index in [1.54, 1.807) is 18.8 Å². The van der Waals surface area contributed by atoms with Crippen LogP contribution in [-0.2, 0) is 0 Å². The van der Waals surface area contributed by atoms with E-state index in [9.17, 15) is 0 Å². The molecule has 9 heteroatoms. The van der Waals surface area contributed by atoms with E-state index in [1.807, 2.05) is 24.3 Å². The Morgan fingerprint density at radius 2 is 1.85 bits per heavy atom. The van der Waals surface area contributed by atoms with Crippen LogP contribution >= 0.6 is 0 Å². The molecule has 0 spiro atoms. The van der Waals surface area contributed by atoms with Gasteiger partial charge in [-0.25, -0.2) is 9.97 Å². The number of furan rings is 1. The van der Waals surface area contributed by atoms with Gasteiger partial charge in [-0.15, -0.1) is 10.2 Å². The Kier molecular flexibility index (Phi) is 3.48. The maximum absolute atomic E-state index is 5.35. The summed E-state index contributed by atoms with van der Waals surface area (Å²) in [7, 11) is 0. The van der Waals surface area contributed by atoms with Crippen LogP contribution in [0.2, 0.25) is 0 Å². The molecule has 1 N–H and O–H groups in total. The summed E-state index contributed by atoms with van der Waals surface area (Å²) in [4.78, 5) is 13.1. The van der Waals surface area contributed by atoms with Gasteiger partial charge in [0.25, 0.3) is 0 Å². The van der Waals surface area contributed by atoms with E-state index in [-0.39, 0.29) is 0 Å². The molecule has 5 heterocycles. The lowest BCUT2D eigenvalue weighted by Crippen LogP contribution is -2.47. The van der Waals surface area contributed by atoms with Gasteiger partial charge < -0.3 is 14.2 Å². The van der Waals surface area contributed by atoms with E-state index in [1.165, 1.54) is 0 Å². The number of hydrogen-bond acceptors (Lipinski definition) is 8. The van der Waals surface area contributed by atoms with E-state index in [0.29, 0.717) is 0 Å². The average molecular weight is 348 g/mol. The van der Waals surface area contributed by atoms with Crippen LogP contribution in [0.1, 0.15) is 0 Å².